The van der Waals surface area contributed by atoms with E-state index in [1.165, 1.54) is 35.6 Å². The van der Waals surface area contributed by atoms with Crippen LogP contribution in [0.25, 0.3) is 10.6 Å². The van der Waals surface area contributed by atoms with Crippen LogP contribution in [0, 0.1) is 5.82 Å². The van der Waals surface area contributed by atoms with Crippen LogP contribution in [-0.2, 0) is 22.4 Å². The molecule has 1 atom stereocenters. The Balaban J connectivity index is 1.64. The average Bonchev–Trinajstić information content (AvgIpc) is 3.11. The van der Waals surface area contributed by atoms with E-state index in [0.29, 0.717) is 21.3 Å². The number of aromatic nitrogens is 1. The van der Waals surface area contributed by atoms with Gasteiger partial charge in [-0.3, -0.25) is 4.79 Å². The zero-order chi connectivity index (χ0) is 20.1. The van der Waals surface area contributed by atoms with Crippen molar-refractivity contribution in [3.05, 3.63) is 76.0 Å². The first-order valence-corrected chi connectivity index (χ1v) is 9.64. The summed E-state index contributed by atoms with van der Waals surface area (Å²) in [6.07, 6.45) is 0.0114. The average molecular weight is 419 g/mol. The number of carbonyl (C=O) groups excluding carboxylic acids is 1. The number of rotatable bonds is 7. The Morgan fingerprint density at radius 2 is 1.89 bits per heavy atom. The number of nitrogens with zero attached hydrogens (tertiary/aromatic N) is 1. The second-order valence-corrected chi connectivity index (χ2v) is 7.35. The first-order chi connectivity index (χ1) is 13.4. The van der Waals surface area contributed by atoms with Crippen LogP contribution in [0.4, 0.5) is 4.39 Å². The number of hydrogen-bond acceptors (Lipinski definition) is 4. The standard InChI is InChI=1S/C20H16ClFN2O3S/c21-16-4-2-1-3-15(16)19-23-14(11-28-19)10-18(25)24-17(20(26)27)9-12-5-7-13(22)8-6-12/h1-8,11,17H,9-10H2,(H,24,25)(H,26,27). The molecule has 0 fully saturated rings. The summed E-state index contributed by atoms with van der Waals surface area (Å²) in [6, 6.07) is 11.7. The van der Waals surface area contributed by atoms with Gasteiger partial charge in [0.05, 0.1) is 17.1 Å². The van der Waals surface area contributed by atoms with Crippen LogP contribution >= 0.6 is 22.9 Å². The lowest BCUT2D eigenvalue weighted by molar-refractivity contribution is -0.141. The minimum absolute atomic E-state index is 0.0475. The fourth-order valence-corrected chi connectivity index (χ4v) is 3.75. The van der Waals surface area contributed by atoms with E-state index in [4.69, 9.17) is 11.6 Å². The smallest absolute Gasteiger partial charge is 0.326 e. The van der Waals surface area contributed by atoms with Gasteiger partial charge in [0.25, 0.3) is 0 Å². The van der Waals surface area contributed by atoms with Gasteiger partial charge in [-0.25, -0.2) is 14.2 Å². The van der Waals surface area contributed by atoms with Gasteiger partial charge in [0.2, 0.25) is 5.91 Å². The van der Waals surface area contributed by atoms with E-state index in [2.05, 4.69) is 10.3 Å². The molecule has 0 saturated heterocycles. The van der Waals surface area contributed by atoms with Crippen LogP contribution in [0.3, 0.4) is 0 Å². The van der Waals surface area contributed by atoms with Crippen molar-refractivity contribution in [1.82, 2.24) is 10.3 Å². The number of aliphatic carboxylic acids is 1. The van der Waals surface area contributed by atoms with E-state index in [1.54, 1.807) is 11.4 Å². The van der Waals surface area contributed by atoms with E-state index in [9.17, 15) is 19.1 Å². The topological polar surface area (TPSA) is 79.3 Å². The highest BCUT2D eigenvalue weighted by atomic mass is 35.5. The summed E-state index contributed by atoms with van der Waals surface area (Å²) in [7, 11) is 0. The van der Waals surface area contributed by atoms with E-state index in [1.807, 2.05) is 18.2 Å². The van der Waals surface area contributed by atoms with Crippen LogP contribution in [0.1, 0.15) is 11.3 Å². The van der Waals surface area contributed by atoms with E-state index < -0.39 is 23.7 Å². The maximum absolute atomic E-state index is 13.0. The highest BCUT2D eigenvalue weighted by Gasteiger charge is 2.21. The van der Waals surface area contributed by atoms with Crippen LogP contribution in [0.15, 0.2) is 53.9 Å². The number of benzene rings is 2. The molecule has 1 amide bonds. The third-order valence-corrected chi connectivity index (χ3v) is 5.24. The lowest BCUT2D eigenvalue weighted by atomic mass is 10.1. The molecule has 2 aromatic carbocycles. The Bertz CT molecular complexity index is 991. The van der Waals surface area contributed by atoms with Crippen LogP contribution < -0.4 is 5.32 Å². The van der Waals surface area contributed by atoms with Gasteiger partial charge in [-0.15, -0.1) is 11.3 Å². The first kappa shape index (κ1) is 20.0. The maximum atomic E-state index is 13.0. The molecule has 28 heavy (non-hydrogen) atoms. The van der Waals surface area contributed by atoms with E-state index in [-0.39, 0.29) is 12.8 Å². The Morgan fingerprint density at radius 3 is 2.57 bits per heavy atom. The molecule has 0 saturated carbocycles. The number of carboxylic acids is 1. The molecular formula is C20H16ClFN2O3S. The fourth-order valence-electron chi connectivity index (χ4n) is 2.61. The lowest BCUT2D eigenvalue weighted by Crippen LogP contribution is -2.43. The van der Waals surface area contributed by atoms with E-state index >= 15 is 0 Å². The summed E-state index contributed by atoms with van der Waals surface area (Å²) in [6.45, 7) is 0. The van der Waals surface area contributed by atoms with Crippen molar-refractivity contribution in [2.45, 2.75) is 18.9 Å². The Hall–Kier alpha value is -2.77. The Labute approximate surface area is 169 Å². The molecule has 2 N–H and O–H groups in total. The van der Waals surface area contributed by atoms with Gasteiger partial charge in [-0.05, 0) is 23.8 Å². The maximum Gasteiger partial charge on any atom is 0.326 e. The summed E-state index contributed by atoms with van der Waals surface area (Å²) in [5.41, 5.74) is 1.92. The van der Waals surface area contributed by atoms with Crippen molar-refractivity contribution in [2.24, 2.45) is 0 Å². The van der Waals surface area contributed by atoms with Gasteiger partial charge in [0.15, 0.2) is 0 Å². The van der Waals surface area contributed by atoms with Crippen molar-refractivity contribution >= 4 is 34.8 Å². The molecule has 3 rings (SSSR count). The van der Waals surface area contributed by atoms with Crippen molar-refractivity contribution in [3.8, 4) is 10.6 Å². The van der Waals surface area contributed by atoms with Crippen LogP contribution in [-0.4, -0.2) is 28.0 Å². The van der Waals surface area contributed by atoms with Crippen LogP contribution in [0.2, 0.25) is 5.02 Å². The first-order valence-electron chi connectivity index (χ1n) is 8.38. The van der Waals surface area contributed by atoms with Gasteiger partial charge in [0, 0.05) is 17.4 Å². The molecule has 0 spiro atoms. The number of nitrogens with one attached hydrogen (secondary N) is 1. The SMILES string of the molecule is O=C(Cc1csc(-c2ccccc2Cl)n1)NC(Cc1ccc(F)cc1)C(=O)O. The second-order valence-electron chi connectivity index (χ2n) is 6.09. The van der Waals surface area contributed by atoms with Gasteiger partial charge in [-0.1, -0.05) is 41.9 Å². The second kappa shape index (κ2) is 8.95. The number of thiazole rings is 1. The molecule has 144 valence electrons. The summed E-state index contributed by atoms with van der Waals surface area (Å²) in [5.74, 6) is -2.02. The predicted octanol–water partition coefficient (Wildman–Crippen LogP) is 3.96. The van der Waals surface area contributed by atoms with Gasteiger partial charge >= 0.3 is 5.97 Å². The lowest BCUT2D eigenvalue weighted by Gasteiger charge is -2.14. The molecule has 0 aliphatic rings. The zero-order valence-electron chi connectivity index (χ0n) is 14.6. The van der Waals surface area contributed by atoms with Gasteiger partial charge < -0.3 is 10.4 Å². The number of carboxylic acid groups (broad SMARTS) is 1. The van der Waals surface area contributed by atoms with Crippen molar-refractivity contribution in [1.29, 1.82) is 0 Å². The van der Waals surface area contributed by atoms with E-state index in [0.717, 1.165) is 5.56 Å². The minimum Gasteiger partial charge on any atom is -0.480 e. The normalized spacial score (nSPS) is 11.8. The molecule has 0 aliphatic heterocycles. The quantitative estimate of drug-likeness (QED) is 0.608. The Kier molecular flexibility index (Phi) is 6.38. The van der Waals surface area contributed by atoms with Crippen molar-refractivity contribution < 1.29 is 19.1 Å². The predicted molar refractivity (Wildman–Crippen MR) is 106 cm³/mol. The molecule has 5 nitrogen and oxygen atoms in total. The minimum atomic E-state index is -1.16. The van der Waals surface area contributed by atoms with Gasteiger partial charge in [0.1, 0.15) is 16.9 Å². The monoisotopic (exact) mass is 418 g/mol. The highest BCUT2D eigenvalue weighted by molar-refractivity contribution is 7.13. The fraction of sp³-hybridized carbons (Fsp3) is 0.150. The zero-order valence-corrected chi connectivity index (χ0v) is 16.1. The van der Waals surface area contributed by atoms with Gasteiger partial charge in [-0.2, -0.15) is 0 Å². The third kappa shape index (κ3) is 5.15. The highest BCUT2D eigenvalue weighted by Crippen LogP contribution is 2.30. The molecule has 8 heteroatoms. The summed E-state index contributed by atoms with van der Waals surface area (Å²) in [4.78, 5) is 28.2. The number of halogens is 2. The van der Waals surface area contributed by atoms with Crippen molar-refractivity contribution in [2.75, 3.05) is 0 Å². The third-order valence-electron chi connectivity index (χ3n) is 3.98. The molecule has 1 aromatic heterocycles. The van der Waals surface area contributed by atoms with Crippen molar-refractivity contribution in [3.63, 3.8) is 0 Å². The molecule has 1 heterocycles. The molecule has 3 aromatic rings. The summed E-state index contributed by atoms with van der Waals surface area (Å²) < 4.78 is 13.0. The molecule has 0 aliphatic carbocycles. The number of carbonyl (C=O) groups is 2. The number of amides is 1. The van der Waals surface area contributed by atoms with Crippen LogP contribution in [0.5, 0.6) is 0 Å². The molecule has 0 radical (unpaired) electrons. The molecule has 0 bridgehead atoms. The summed E-state index contributed by atoms with van der Waals surface area (Å²) >= 11 is 7.52. The number of hydrogen-bond donors (Lipinski definition) is 2. The largest absolute Gasteiger partial charge is 0.480 e. The Morgan fingerprint density at radius 1 is 1.18 bits per heavy atom. The molecule has 1 unspecified atom stereocenters. The summed E-state index contributed by atoms with van der Waals surface area (Å²) in [5, 5.41) is 14.9. The molecular weight excluding hydrogens is 403 g/mol.